The van der Waals surface area contributed by atoms with E-state index in [0.29, 0.717) is 0 Å². The Kier molecular flexibility index (Phi) is 6.00. The fraction of sp³-hybridized carbons (Fsp3) is 1.00. The zero-order valence-corrected chi connectivity index (χ0v) is 12.1. The molecular weight excluding hydrogens is 488 g/mol. The predicted molar refractivity (Wildman–Crippen MR) is 46.4 cm³/mol. The van der Waals surface area contributed by atoms with Crippen LogP contribution in [0.5, 0.6) is 0 Å². The first-order chi connectivity index (χ1) is 12.0. The van der Waals surface area contributed by atoms with E-state index in [4.69, 9.17) is 0 Å². The van der Waals surface area contributed by atoms with Crippen LogP contribution >= 0.6 is 0 Å². The van der Waals surface area contributed by atoms with Crippen LogP contribution in [0.25, 0.3) is 0 Å². The smallest absolute Gasteiger partial charge is 0.228 e. The van der Waals surface area contributed by atoms with Crippen LogP contribution in [0.4, 0.5) is 87.8 Å². The third kappa shape index (κ3) is 3.23. The van der Waals surface area contributed by atoms with Crippen molar-refractivity contribution in [2.75, 3.05) is 0 Å². The predicted octanol–water partition coefficient (Wildman–Crippen LogP) is 6.76. The largest absolute Gasteiger partial charge is 0.435 e. The summed E-state index contributed by atoms with van der Waals surface area (Å²) in [6.45, 7) is 0. The van der Waals surface area contributed by atoms with Crippen LogP contribution in [-0.4, -0.2) is 48.4 Å². The first kappa shape index (κ1) is 27.6. The first-order valence-corrected chi connectivity index (χ1v) is 5.78. The monoisotopic (exact) mass is 488 g/mol. The number of hydrogen-bond donors (Lipinski definition) is 0. The van der Waals surface area contributed by atoms with Crippen molar-refractivity contribution in [3.8, 4) is 0 Å². The van der Waals surface area contributed by atoms with Crippen molar-refractivity contribution in [3.63, 3.8) is 0 Å². The van der Waals surface area contributed by atoms with Gasteiger partial charge in [-0.05, 0) is 0 Å². The zero-order valence-electron chi connectivity index (χ0n) is 12.1. The Labute approximate surface area is 143 Å². The van der Waals surface area contributed by atoms with E-state index < -0.39 is 53.8 Å². The molecule has 0 spiro atoms. The van der Waals surface area contributed by atoms with Gasteiger partial charge >= 0.3 is 48.1 Å². The van der Waals surface area contributed by atoms with Gasteiger partial charge in [0.1, 0.15) is 0 Å². The van der Waals surface area contributed by atoms with E-state index in [2.05, 4.69) is 0 Å². The van der Waals surface area contributed by atoms with E-state index in [-0.39, 0.29) is 0 Å². The van der Waals surface area contributed by atoms with Gasteiger partial charge in [0.05, 0.1) is 0 Å². The van der Waals surface area contributed by atoms with E-state index in [9.17, 15) is 87.8 Å². The minimum atomic E-state index is -9.77. The highest BCUT2D eigenvalue weighted by molar-refractivity contribution is 5.27. The number of halogens is 20. The molecule has 0 saturated heterocycles. The molecule has 0 saturated carbocycles. The molecule has 0 radical (unpaired) electrons. The lowest BCUT2D eigenvalue weighted by atomic mass is 9.62. The molecule has 0 heterocycles. The van der Waals surface area contributed by atoms with Gasteiger partial charge in [-0.1, -0.05) is 0 Å². The Morgan fingerprint density at radius 2 is 0.379 bits per heavy atom. The van der Waals surface area contributed by atoms with Gasteiger partial charge in [0.15, 0.2) is 0 Å². The molecule has 20 heteroatoms. The first-order valence-electron chi connectivity index (χ1n) is 5.78. The second-order valence-corrected chi connectivity index (χ2v) is 5.05. The topological polar surface area (TPSA) is 0 Å². The maximum Gasteiger partial charge on any atom is 0.435 e. The summed E-state index contributed by atoms with van der Waals surface area (Å²) in [6, 6.07) is 0. The highest BCUT2D eigenvalue weighted by Crippen LogP contribution is 2.75. The number of alkyl halides is 20. The molecule has 0 aliphatic heterocycles. The van der Waals surface area contributed by atoms with E-state index in [0.717, 1.165) is 0 Å². The zero-order chi connectivity index (χ0) is 24.5. The van der Waals surface area contributed by atoms with Crippen LogP contribution in [-0.2, 0) is 0 Å². The van der Waals surface area contributed by atoms with E-state index in [1.807, 2.05) is 0 Å². The molecule has 0 aromatic rings. The van der Waals surface area contributed by atoms with Crippen LogP contribution in [0.15, 0.2) is 0 Å². The van der Waals surface area contributed by atoms with Crippen molar-refractivity contribution >= 4 is 0 Å². The summed E-state index contributed by atoms with van der Waals surface area (Å²) in [5, 5.41) is 0. The summed E-state index contributed by atoms with van der Waals surface area (Å²) >= 11 is 0. The van der Waals surface area contributed by atoms with Crippen molar-refractivity contribution in [1.82, 2.24) is 0 Å². The molecule has 0 rings (SSSR count). The summed E-state index contributed by atoms with van der Waals surface area (Å²) < 4.78 is 253. The van der Waals surface area contributed by atoms with E-state index in [1.54, 1.807) is 0 Å². The maximum atomic E-state index is 14.0. The molecule has 0 bridgehead atoms. The fourth-order valence-corrected chi connectivity index (χ4v) is 2.29. The third-order valence-corrected chi connectivity index (χ3v) is 3.44. The standard InChI is InChI=1S/C9F20/c10-2(7(21,22)23,3(11,8(24,25)26)9(27,28)29)1(4(12,13)14,5(15,16)17)6(18,19)20. The van der Waals surface area contributed by atoms with Crippen molar-refractivity contribution in [3.05, 3.63) is 0 Å². The highest BCUT2D eigenvalue weighted by atomic mass is 19.5. The maximum absolute atomic E-state index is 14.0. The summed E-state index contributed by atoms with van der Waals surface area (Å²) in [5.41, 5.74) is -28.7. The van der Waals surface area contributed by atoms with Crippen LogP contribution in [0.3, 0.4) is 0 Å². The summed E-state index contributed by atoms with van der Waals surface area (Å²) in [5.74, 6) is 0. The lowest BCUT2D eigenvalue weighted by molar-refractivity contribution is -0.528. The van der Waals surface area contributed by atoms with Crippen molar-refractivity contribution in [2.45, 2.75) is 48.4 Å². The van der Waals surface area contributed by atoms with Gasteiger partial charge in [0.25, 0.3) is 5.67 Å². The third-order valence-electron chi connectivity index (χ3n) is 3.44. The van der Waals surface area contributed by atoms with Gasteiger partial charge < -0.3 is 0 Å². The van der Waals surface area contributed by atoms with Crippen LogP contribution in [0, 0.1) is 5.41 Å². The SMILES string of the molecule is FC(F)(F)C(F)(C(F)(F)F)C(F)(C(F)(F)F)C(C(F)(F)F)(C(F)(F)F)C(F)(F)F. The van der Waals surface area contributed by atoms with E-state index >= 15 is 0 Å². The Morgan fingerprint density at radius 1 is 0.207 bits per heavy atom. The molecule has 0 aromatic heterocycles. The average molecular weight is 488 g/mol. The van der Waals surface area contributed by atoms with E-state index in [1.165, 1.54) is 0 Å². The molecule has 0 nitrogen and oxygen atoms in total. The summed E-state index contributed by atoms with van der Waals surface area (Å²) in [6.07, 6.45) is -53.4. The molecule has 29 heavy (non-hydrogen) atoms. The molecule has 0 fully saturated rings. The Balaban J connectivity index is 8.34. The Bertz CT molecular complexity index is 536. The second kappa shape index (κ2) is 6.30. The van der Waals surface area contributed by atoms with Gasteiger partial charge in [-0.25, -0.2) is 8.78 Å². The minimum absolute atomic E-state index is 8.75. The second-order valence-electron chi connectivity index (χ2n) is 5.05. The van der Waals surface area contributed by atoms with Crippen molar-refractivity contribution < 1.29 is 87.8 Å². The van der Waals surface area contributed by atoms with Gasteiger partial charge in [0.2, 0.25) is 0 Å². The van der Waals surface area contributed by atoms with Gasteiger partial charge in [-0.2, -0.15) is 79.0 Å². The minimum Gasteiger partial charge on any atom is -0.228 e. The van der Waals surface area contributed by atoms with Gasteiger partial charge in [-0.3, -0.25) is 0 Å². The molecule has 0 aliphatic carbocycles. The van der Waals surface area contributed by atoms with Crippen molar-refractivity contribution in [1.29, 1.82) is 0 Å². The van der Waals surface area contributed by atoms with Gasteiger partial charge in [-0.15, -0.1) is 0 Å². The highest BCUT2D eigenvalue weighted by Gasteiger charge is 3.06. The molecule has 1 unspecified atom stereocenters. The molecule has 176 valence electrons. The lowest BCUT2D eigenvalue weighted by Gasteiger charge is -2.52. The quantitative estimate of drug-likeness (QED) is 0.377. The molecule has 0 N–H and O–H groups in total. The lowest BCUT2D eigenvalue weighted by Crippen LogP contribution is -2.84. The average Bonchev–Trinajstić information content (AvgIpc) is 2.27. The molecule has 0 amide bonds. The van der Waals surface area contributed by atoms with Crippen molar-refractivity contribution in [2.24, 2.45) is 5.41 Å². The van der Waals surface area contributed by atoms with Gasteiger partial charge in [0, 0.05) is 0 Å². The van der Waals surface area contributed by atoms with Crippen LogP contribution in [0.2, 0.25) is 0 Å². The molecule has 0 aliphatic rings. The summed E-state index contributed by atoms with van der Waals surface area (Å²) in [7, 11) is 0. The molecular formula is C9F20. The fourth-order valence-electron chi connectivity index (χ4n) is 2.29. The normalized spacial score (nSPS) is 18.6. The molecule has 1 atom stereocenters. The Hall–Kier alpha value is -1.40. The number of hydrogen-bond acceptors (Lipinski definition) is 0. The van der Waals surface area contributed by atoms with Crippen LogP contribution in [0.1, 0.15) is 0 Å². The Morgan fingerprint density at radius 3 is 0.483 bits per heavy atom. The number of rotatable bonds is 2. The summed E-state index contributed by atoms with van der Waals surface area (Å²) in [4.78, 5) is 0. The van der Waals surface area contributed by atoms with Crippen LogP contribution < -0.4 is 0 Å². The molecule has 0 aromatic carbocycles.